The molecule has 0 aliphatic carbocycles. The second-order valence-electron chi connectivity index (χ2n) is 11.2. The average Bonchev–Trinajstić information content (AvgIpc) is 3.28. The van der Waals surface area contributed by atoms with E-state index < -0.39 is 11.7 Å². The first-order chi connectivity index (χ1) is 18.7. The van der Waals surface area contributed by atoms with Crippen LogP contribution in [0.3, 0.4) is 0 Å². The Morgan fingerprint density at radius 2 is 1.90 bits per heavy atom. The predicted octanol–water partition coefficient (Wildman–Crippen LogP) is 5.58. The predicted molar refractivity (Wildman–Crippen MR) is 151 cm³/mol. The van der Waals surface area contributed by atoms with Gasteiger partial charge in [0.15, 0.2) is 0 Å². The number of nitrogens with one attached hydrogen (secondary N) is 1. The molecule has 0 amide bonds. The van der Waals surface area contributed by atoms with Gasteiger partial charge in [0.05, 0.1) is 0 Å². The fourth-order valence-corrected chi connectivity index (χ4v) is 4.89. The summed E-state index contributed by atoms with van der Waals surface area (Å²) >= 11 is 0. The number of hydrogen-bond acceptors (Lipinski definition) is 7. The molecule has 0 saturated heterocycles. The Morgan fingerprint density at radius 1 is 1.08 bits per heavy atom. The van der Waals surface area contributed by atoms with E-state index in [0.717, 1.165) is 46.1 Å². The van der Waals surface area contributed by atoms with Gasteiger partial charge in [-0.25, -0.2) is 0 Å². The van der Waals surface area contributed by atoms with Gasteiger partial charge in [-0.2, -0.15) is 0 Å². The smallest absolute Gasteiger partial charge is 0.306 e. The van der Waals surface area contributed by atoms with Crippen molar-refractivity contribution in [3.8, 4) is 11.5 Å². The summed E-state index contributed by atoms with van der Waals surface area (Å²) in [4.78, 5) is 12.0. The van der Waals surface area contributed by atoms with Crippen LogP contribution in [0.5, 0.6) is 11.5 Å². The third-order valence-electron chi connectivity index (χ3n) is 6.73. The molecule has 0 bridgehead atoms. The van der Waals surface area contributed by atoms with Crippen molar-refractivity contribution in [2.24, 2.45) is 0 Å². The molecule has 0 unspecified atom stereocenters. The van der Waals surface area contributed by atoms with Gasteiger partial charge in [-0.1, -0.05) is 30.3 Å². The van der Waals surface area contributed by atoms with Gasteiger partial charge < -0.3 is 29.1 Å². The van der Waals surface area contributed by atoms with Crippen molar-refractivity contribution in [3.05, 3.63) is 71.8 Å². The Balaban J connectivity index is 1.04. The number of furan rings is 1. The van der Waals surface area contributed by atoms with Gasteiger partial charge in [0.25, 0.3) is 0 Å². The van der Waals surface area contributed by atoms with Gasteiger partial charge in [-0.3, -0.25) is 4.79 Å². The lowest BCUT2D eigenvalue weighted by Crippen LogP contribution is -2.39. The first kappa shape index (κ1) is 27.0. The van der Waals surface area contributed by atoms with Crippen molar-refractivity contribution in [3.63, 3.8) is 0 Å². The van der Waals surface area contributed by atoms with Gasteiger partial charge >= 0.3 is 5.97 Å². The quantitative estimate of drug-likeness (QED) is 0.258. The van der Waals surface area contributed by atoms with Crippen LogP contribution in [0.15, 0.2) is 65.1 Å². The number of aliphatic hydroxyl groups is 1. The zero-order chi connectivity index (χ0) is 27.4. The second-order valence-corrected chi connectivity index (χ2v) is 11.2. The van der Waals surface area contributed by atoms with Crippen LogP contribution >= 0.6 is 0 Å². The normalized spacial score (nSPS) is 16.1. The van der Waals surface area contributed by atoms with Crippen molar-refractivity contribution in [1.82, 2.24) is 5.32 Å². The maximum Gasteiger partial charge on any atom is 0.306 e. The summed E-state index contributed by atoms with van der Waals surface area (Å²) in [5.41, 5.74) is 3.49. The summed E-state index contributed by atoms with van der Waals surface area (Å²) in [6.07, 6.45) is 2.21. The lowest BCUT2D eigenvalue weighted by Gasteiger charge is -2.27. The summed E-state index contributed by atoms with van der Waals surface area (Å²) in [6, 6.07) is 19.8. The number of esters is 1. The maximum atomic E-state index is 12.0. The summed E-state index contributed by atoms with van der Waals surface area (Å²) < 4.78 is 23.3. The molecule has 1 aliphatic heterocycles. The minimum absolute atomic E-state index is 0.0370. The largest absolute Gasteiger partial charge is 0.491 e. The number of carbonyl (C=O) groups is 1. The number of fused-ring (bicyclic) bond motifs is 4. The average molecular weight is 532 g/mol. The zero-order valence-electron chi connectivity index (χ0n) is 22.9. The van der Waals surface area contributed by atoms with Crippen LogP contribution in [-0.2, 0) is 22.4 Å². The number of hydrogen-bond donors (Lipinski definition) is 2. The molecule has 2 heterocycles. The Hall–Kier alpha value is -3.55. The second kappa shape index (κ2) is 11.7. The first-order valence-corrected chi connectivity index (χ1v) is 13.7. The van der Waals surface area contributed by atoms with Gasteiger partial charge in [-0.05, 0) is 81.5 Å². The molecule has 0 saturated carbocycles. The molecule has 4 aromatic rings. The lowest BCUT2D eigenvalue weighted by atomic mass is 9.98. The fraction of sp³-hybridized carbons (Fsp3) is 0.406. The lowest BCUT2D eigenvalue weighted by molar-refractivity contribution is -0.154. The van der Waals surface area contributed by atoms with E-state index in [2.05, 4.69) is 11.4 Å². The van der Waals surface area contributed by atoms with Crippen molar-refractivity contribution < 1.29 is 28.5 Å². The third kappa shape index (κ3) is 7.11. The minimum Gasteiger partial charge on any atom is -0.491 e. The number of ether oxygens (including phenoxy) is 3. The zero-order valence-corrected chi connectivity index (χ0v) is 22.9. The molecule has 7 heteroatoms. The summed E-state index contributed by atoms with van der Waals surface area (Å²) in [5.74, 6) is 1.41. The highest BCUT2D eigenvalue weighted by Crippen LogP contribution is 2.31. The van der Waals surface area contributed by atoms with Crippen molar-refractivity contribution >= 4 is 27.9 Å². The molecule has 1 aromatic heterocycles. The van der Waals surface area contributed by atoms with E-state index in [1.165, 1.54) is 5.56 Å². The van der Waals surface area contributed by atoms with Crippen molar-refractivity contribution in [2.75, 3.05) is 19.7 Å². The van der Waals surface area contributed by atoms with E-state index in [4.69, 9.17) is 18.6 Å². The van der Waals surface area contributed by atoms with Crippen LogP contribution in [-0.4, -0.2) is 48.6 Å². The van der Waals surface area contributed by atoms with Crippen LogP contribution in [0.4, 0.5) is 0 Å². The highest BCUT2D eigenvalue weighted by molar-refractivity contribution is 6.05. The van der Waals surface area contributed by atoms with Crippen LogP contribution in [0.1, 0.15) is 44.7 Å². The van der Waals surface area contributed by atoms with Crippen LogP contribution in [0, 0.1) is 0 Å². The molecule has 3 aromatic carbocycles. The number of aliphatic hydroxyl groups excluding tert-OH is 1. The number of carbonyl (C=O) groups excluding carboxylic acids is 1. The number of benzene rings is 3. The van der Waals surface area contributed by atoms with E-state index in [1.807, 2.05) is 75.4 Å². The highest BCUT2D eigenvalue weighted by Gasteiger charge is 2.21. The van der Waals surface area contributed by atoms with E-state index >= 15 is 0 Å². The minimum atomic E-state index is -0.648. The first-order valence-electron chi connectivity index (χ1n) is 13.7. The van der Waals surface area contributed by atoms with Crippen LogP contribution < -0.4 is 14.8 Å². The van der Waals surface area contributed by atoms with Crippen LogP contribution in [0.2, 0.25) is 0 Å². The molecule has 0 fully saturated rings. The summed E-state index contributed by atoms with van der Waals surface area (Å²) in [7, 11) is 0. The van der Waals surface area contributed by atoms with E-state index in [0.29, 0.717) is 31.7 Å². The number of rotatable bonds is 10. The molecule has 1 aliphatic rings. The van der Waals surface area contributed by atoms with E-state index in [-0.39, 0.29) is 18.7 Å². The van der Waals surface area contributed by atoms with Crippen molar-refractivity contribution in [2.45, 2.75) is 64.3 Å². The molecule has 5 rings (SSSR count). The summed E-state index contributed by atoms with van der Waals surface area (Å²) in [6.45, 7) is 6.88. The Labute approximate surface area is 229 Å². The van der Waals surface area contributed by atoms with E-state index in [1.54, 1.807) is 0 Å². The SMILES string of the molecule is CC(C)(C)OC(=O)CCc1ccc2c(c1)CC[C@H](CNC[C@H](O)COc1ccc3oc4ccccc4c3c1)O2. The molecule has 206 valence electrons. The monoisotopic (exact) mass is 531 g/mol. The molecule has 0 radical (unpaired) electrons. The topological polar surface area (TPSA) is 90.2 Å². The van der Waals surface area contributed by atoms with Gasteiger partial charge in [-0.15, -0.1) is 0 Å². The van der Waals surface area contributed by atoms with Crippen molar-refractivity contribution in [1.29, 1.82) is 0 Å². The Bertz CT molecular complexity index is 1440. The standard InChI is InChI=1S/C32H37NO6/c1-32(2,3)39-31(35)15-9-21-8-13-28-22(16-21)10-11-25(37-28)19-33-18-23(34)20-36-24-12-14-30-27(17-24)26-6-4-5-7-29(26)38-30/h4-8,12-14,16-17,23,25,33-34H,9-11,15,18-20H2,1-3H3/t23-,25+/m0/s1. The van der Waals surface area contributed by atoms with Gasteiger partial charge in [0.1, 0.15) is 47.1 Å². The molecular formula is C32H37NO6. The molecule has 0 spiro atoms. The molecule has 2 atom stereocenters. The van der Waals surface area contributed by atoms with E-state index in [9.17, 15) is 9.90 Å². The maximum absolute atomic E-state index is 12.0. The molecule has 2 N–H and O–H groups in total. The Kier molecular flexibility index (Phi) is 8.10. The fourth-order valence-electron chi connectivity index (χ4n) is 4.89. The Morgan fingerprint density at radius 3 is 2.74 bits per heavy atom. The highest BCUT2D eigenvalue weighted by atomic mass is 16.6. The number of para-hydroxylation sites is 1. The van der Waals surface area contributed by atoms with Gasteiger partial charge in [0, 0.05) is 30.3 Å². The van der Waals surface area contributed by atoms with Crippen LogP contribution in [0.25, 0.3) is 21.9 Å². The number of aryl methyl sites for hydroxylation is 2. The molecule has 7 nitrogen and oxygen atoms in total. The molecular weight excluding hydrogens is 494 g/mol. The molecule has 39 heavy (non-hydrogen) atoms. The van der Waals surface area contributed by atoms with Gasteiger partial charge in [0.2, 0.25) is 0 Å². The summed E-state index contributed by atoms with van der Waals surface area (Å²) in [5, 5.41) is 15.8. The third-order valence-corrected chi connectivity index (χ3v) is 6.73.